The Morgan fingerprint density at radius 1 is 1.16 bits per heavy atom. The van der Waals surface area contributed by atoms with Crippen LogP contribution in [0, 0.1) is 0 Å². The molecule has 1 unspecified atom stereocenters. The maximum Gasteiger partial charge on any atom is 0.220 e. The first-order valence-electron chi connectivity index (χ1n) is 9.01. The highest BCUT2D eigenvalue weighted by Gasteiger charge is 2.21. The number of carbonyl (C=O) groups is 1. The molecule has 1 heterocycles. The van der Waals surface area contributed by atoms with Crippen LogP contribution in [0.1, 0.15) is 47.9 Å². The lowest BCUT2D eigenvalue weighted by molar-refractivity contribution is -0.122. The molecule has 1 aromatic heterocycles. The van der Waals surface area contributed by atoms with Gasteiger partial charge in [0.05, 0.1) is 21.3 Å². The number of amides is 1. The Bertz CT molecular complexity index is 853. The van der Waals surface area contributed by atoms with Gasteiger partial charge >= 0.3 is 0 Å². The van der Waals surface area contributed by atoms with Crippen LogP contribution in [0.25, 0.3) is 10.2 Å². The number of fused-ring (bicyclic) bond motifs is 2. The smallest absolute Gasteiger partial charge is 0.220 e. The third-order valence-electron chi connectivity index (χ3n) is 4.84. The van der Waals surface area contributed by atoms with Crippen molar-refractivity contribution in [3.63, 3.8) is 0 Å². The molecule has 1 amide bonds. The molecule has 4 rings (SSSR count). The maximum absolute atomic E-state index is 12.4. The van der Waals surface area contributed by atoms with Crippen molar-refractivity contribution in [1.29, 1.82) is 0 Å². The van der Waals surface area contributed by atoms with Crippen LogP contribution in [0.5, 0.6) is 0 Å². The Morgan fingerprint density at radius 2 is 2.00 bits per heavy atom. The molecule has 0 saturated heterocycles. The molecular weight excluding hydrogens is 328 g/mol. The largest absolute Gasteiger partial charge is 0.349 e. The molecule has 0 saturated carbocycles. The summed E-state index contributed by atoms with van der Waals surface area (Å²) in [7, 11) is 0. The zero-order valence-electron chi connectivity index (χ0n) is 14.2. The van der Waals surface area contributed by atoms with Crippen molar-refractivity contribution in [2.24, 2.45) is 0 Å². The predicted molar refractivity (Wildman–Crippen MR) is 103 cm³/mol. The highest BCUT2D eigenvalue weighted by Crippen LogP contribution is 2.29. The fraction of sp³-hybridized carbons (Fsp3) is 0.333. The number of nitrogens with one attached hydrogen (secondary N) is 1. The molecule has 128 valence electrons. The van der Waals surface area contributed by atoms with E-state index in [1.165, 1.54) is 15.8 Å². The zero-order valence-corrected chi connectivity index (χ0v) is 15.0. The van der Waals surface area contributed by atoms with Gasteiger partial charge in [-0.15, -0.1) is 11.3 Å². The minimum Gasteiger partial charge on any atom is -0.349 e. The molecule has 4 heteroatoms. The zero-order chi connectivity index (χ0) is 17.1. The SMILES string of the molecule is O=C(CCCc1nc2ccccc2s1)NC1CCCc2ccccc21. The van der Waals surface area contributed by atoms with Gasteiger partial charge in [0, 0.05) is 6.42 Å². The van der Waals surface area contributed by atoms with E-state index in [1.54, 1.807) is 11.3 Å². The number of para-hydroxylation sites is 1. The Kier molecular flexibility index (Phi) is 4.79. The number of rotatable bonds is 5. The fourth-order valence-electron chi connectivity index (χ4n) is 3.60. The lowest BCUT2D eigenvalue weighted by atomic mass is 9.87. The molecule has 25 heavy (non-hydrogen) atoms. The summed E-state index contributed by atoms with van der Waals surface area (Å²) in [6, 6.07) is 16.9. The molecule has 3 aromatic rings. The third-order valence-corrected chi connectivity index (χ3v) is 5.93. The number of aromatic nitrogens is 1. The van der Waals surface area contributed by atoms with Crippen LogP contribution in [0.3, 0.4) is 0 Å². The first kappa shape index (κ1) is 16.3. The molecule has 0 radical (unpaired) electrons. The van der Waals surface area contributed by atoms with Gasteiger partial charge in [-0.3, -0.25) is 4.79 Å². The van der Waals surface area contributed by atoms with Crippen molar-refractivity contribution in [2.45, 2.75) is 44.6 Å². The van der Waals surface area contributed by atoms with Crippen molar-refractivity contribution < 1.29 is 4.79 Å². The van der Waals surface area contributed by atoms with Crippen LogP contribution in [-0.2, 0) is 17.6 Å². The minimum absolute atomic E-state index is 0.155. The van der Waals surface area contributed by atoms with Gasteiger partial charge in [0.1, 0.15) is 0 Å². The summed E-state index contributed by atoms with van der Waals surface area (Å²) < 4.78 is 1.22. The topological polar surface area (TPSA) is 42.0 Å². The number of thiazole rings is 1. The van der Waals surface area contributed by atoms with Gasteiger partial charge in [-0.1, -0.05) is 36.4 Å². The number of hydrogen-bond acceptors (Lipinski definition) is 3. The Labute approximate surface area is 152 Å². The second kappa shape index (κ2) is 7.36. The number of aryl methyl sites for hydroxylation is 2. The summed E-state index contributed by atoms with van der Waals surface area (Å²) in [6.45, 7) is 0. The van der Waals surface area contributed by atoms with E-state index >= 15 is 0 Å². The molecular formula is C21H22N2OS. The minimum atomic E-state index is 0.155. The van der Waals surface area contributed by atoms with Crippen molar-refractivity contribution in [3.8, 4) is 0 Å². The number of carbonyl (C=O) groups excluding carboxylic acids is 1. The molecule has 1 N–H and O–H groups in total. The van der Waals surface area contributed by atoms with Gasteiger partial charge in [-0.25, -0.2) is 4.98 Å². The summed E-state index contributed by atoms with van der Waals surface area (Å²) in [6.07, 6.45) is 5.59. The highest BCUT2D eigenvalue weighted by atomic mass is 32.1. The Morgan fingerprint density at radius 3 is 2.92 bits per heavy atom. The van der Waals surface area contributed by atoms with Gasteiger partial charge in [0.25, 0.3) is 0 Å². The number of hydrogen-bond donors (Lipinski definition) is 1. The summed E-state index contributed by atoms with van der Waals surface area (Å²) in [4.78, 5) is 17.0. The average molecular weight is 350 g/mol. The van der Waals surface area contributed by atoms with Crippen LogP contribution < -0.4 is 5.32 Å². The van der Waals surface area contributed by atoms with Crippen LogP contribution >= 0.6 is 11.3 Å². The molecule has 1 aliphatic carbocycles. The summed E-state index contributed by atoms with van der Waals surface area (Å²) in [5.41, 5.74) is 3.74. The van der Waals surface area contributed by atoms with Crippen molar-refractivity contribution in [3.05, 3.63) is 64.7 Å². The van der Waals surface area contributed by atoms with Crippen molar-refractivity contribution >= 4 is 27.5 Å². The highest BCUT2D eigenvalue weighted by molar-refractivity contribution is 7.18. The number of benzene rings is 2. The molecule has 0 aliphatic heterocycles. The molecule has 0 spiro atoms. The average Bonchev–Trinajstić information content (AvgIpc) is 3.05. The molecule has 3 nitrogen and oxygen atoms in total. The second-order valence-corrected chi connectivity index (χ2v) is 7.76. The monoisotopic (exact) mass is 350 g/mol. The first-order valence-corrected chi connectivity index (χ1v) is 9.83. The van der Waals surface area contributed by atoms with Gasteiger partial charge < -0.3 is 5.32 Å². The molecule has 2 aromatic carbocycles. The normalized spacial score (nSPS) is 16.6. The van der Waals surface area contributed by atoms with E-state index < -0.39 is 0 Å². The van der Waals surface area contributed by atoms with E-state index in [0.717, 1.165) is 42.6 Å². The summed E-state index contributed by atoms with van der Waals surface area (Å²) >= 11 is 1.73. The summed E-state index contributed by atoms with van der Waals surface area (Å²) in [5, 5.41) is 4.35. The van der Waals surface area contributed by atoms with E-state index in [4.69, 9.17) is 0 Å². The first-order chi connectivity index (χ1) is 12.3. The second-order valence-electron chi connectivity index (χ2n) is 6.64. The standard InChI is InChI=1S/C21H22N2OS/c24-20(22-17-11-5-8-15-7-1-2-9-16(15)17)13-6-14-21-23-18-10-3-4-12-19(18)25-21/h1-4,7,9-10,12,17H,5-6,8,11,13-14H2,(H,22,24). The molecule has 1 atom stereocenters. The number of nitrogens with zero attached hydrogens (tertiary/aromatic N) is 1. The third kappa shape index (κ3) is 3.74. The Balaban J connectivity index is 1.31. The Hall–Kier alpha value is -2.20. The fourth-order valence-corrected chi connectivity index (χ4v) is 4.61. The lowest BCUT2D eigenvalue weighted by Gasteiger charge is -2.26. The van der Waals surface area contributed by atoms with Crippen LogP contribution in [0.2, 0.25) is 0 Å². The van der Waals surface area contributed by atoms with Gasteiger partial charge in [-0.05, 0) is 55.4 Å². The summed E-state index contributed by atoms with van der Waals surface area (Å²) in [5.74, 6) is 0.155. The van der Waals surface area contributed by atoms with Crippen LogP contribution in [0.4, 0.5) is 0 Å². The van der Waals surface area contributed by atoms with Crippen molar-refractivity contribution in [1.82, 2.24) is 10.3 Å². The van der Waals surface area contributed by atoms with E-state index in [2.05, 4.69) is 40.6 Å². The van der Waals surface area contributed by atoms with Gasteiger partial charge in [0.2, 0.25) is 5.91 Å². The molecule has 0 fully saturated rings. The van der Waals surface area contributed by atoms with Crippen LogP contribution in [-0.4, -0.2) is 10.9 Å². The van der Waals surface area contributed by atoms with Crippen molar-refractivity contribution in [2.75, 3.05) is 0 Å². The quantitative estimate of drug-likeness (QED) is 0.717. The van der Waals surface area contributed by atoms with Gasteiger partial charge in [0.15, 0.2) is 0 Å². The van der Waals surface area contributed by atoms with E-state index in [0.29, 0.717) is 6.42 Å². The molecule has 1 aliphatic rings. The lowest BCUT2D eigenvalue weighted by Crippen LogP contribution is -2.30. The van der Waals surface area contributed by atoms with E-state index in [-0.39, 0.29) is 11.9 Å². The van der Waals surface area contributed by atoms with Crippen LogP contribution in [0.15, 0.2) is 48.5 Å². The van der Waals surface area contributed by atoms with E-state index in [9.17, 15) is 4.79 Å². The molecule has 0 bridgehead atoms. The van der Waals surface area contributed by atoms with E-state index in [1.807, 2.05) is 18.2 Å². The predicted octanol–water partition coefficient (Wildman–Crippen LogP) is 4.81. The van der Waals surface area contributed by atoms with Gasteiger partial charge in [-0.2, -0.15) is 0 Å². The maximum atomic E-state index is 12.4.